The average Bonchev–Trinajstić information content (AvgIpc) is 2.10. The maximum Gasteiger partial charge on any atom is 0.306 e. The summed E-state index contributed by atoms with van der Waals surface area (Å²) in [5.41, 5.74) is 5.30. The molecule has 0 spiro atoms. The van der Waals surface area contributed by atoms with E-state index in [2.05, 4.69) is 0 Å². The third kappa shape index (κ3) is 20.9. The van der Waals surface area contributed by atoms with E-state index >= 15 is 0 Å². The van der Waals surface area contributed by atoms with Gasteiger partial charge in [0.1, 0.15) is 5.60 Å². The van der Waals surface area contributed by atoms with Crippen molar-refractivity contribution in [2.24, 2.45) is 5.73 Å². The first-order valence-electron chi connectivity index (χ1n) is 5.75. The Bertz CT molecular complexity index is 229. The van der Waals surface area contributed by atoms with Crippen molar-refractivity contribution in [3.63, 3.8) is 0 Å². The van der Waals surface area contributed by atoms with Crippen LogP contribution in [0.5, 0.6) is 0 Å². The van der Waals surface area contributed by atoms with Gasteiger partial charge in [-0.15, -0.1) is 0 Å². The fourth-order valence-electron chi connectivity index (χ4n) is 0.900. The number of aliphatic carboxylic acids is 1. The van der Waals surface area contributed by atoms with Gasteiger partial charge in [-0.1, -0.05) is 6.92 Å². The zero-order valence-electron chi connectivity index (χ0n) is 11.4. The molecule has 1 atom stereocenters. The Morgan fingerprint density at radius 3 is 2.06 bits per heavy atom. The van der Waals surface area contributed by atoms with E-state index in [1.54, 1.807) is 0 Å². The van der Waals surface area contributed by atoms with Gasteiger partial charge in [0.2, 0.25) is 0 Å². The molecule has 102 valence electrons. The van der Waals surface area contributed by atoms with Gasteiger partial charge in [0, 0.05) is 19.4 Å². The molecule has 0 saturated carbocycles. The molecule has 0 bridgehead atoms. The first-order valence-corrected chi connectivity index (χ1v) is 5.75. The molecular formula is C12H25NO4. The highest BCUT2D eigenvalue weighted by Crippen LogP contribution is 2.10. The van der Waals surface area contributed by atoms with Crippen LogP contribution >= 0.6 is 0 Å². The summed E-state index contributed by atoms with van der Waals surface area (Å²) < 4.78 is 5.14. The Labute approximate surface area is 103 Å². The quantitative estimate of drug-likeness (QED) is 0.741. The van der Waals surface area contributed by atoms with Crippen LogP contribution < -0.4 is 5.73 Å². The lowest BCUT2D eigenvalue weighted by Crippen LogP contribution is -2.26. The van der Waals surface area contributed by atoms with E-state index in [0.717, 1.165) is 13.3 Å². The SMILES string of the molecule is CC(=O)O.CC[C@@H](N)CCC(=O)OC(C)(C)C. The lowest BCUT2D eigenvalue weighted by Gasteiger charge is -2.19. The summed E-state index contributed by atoms with van der Waals surface area (Å²) in [4.78, 5) is 20.2. The van der Waals surface area contributed by atoms with Crippen molar-refractivity contribution in [1.29, 1.82) is 0 Å². The highest BCUT2D eigenvalue weighted by atomic mass is 16.6. The van der Waals surface area contributed by atoms with Crippen LogP contribution in [0.2, 0.25) is 0 Å². The van der Waals surface area contributed by atoms with E-state index in [0.29, 0.717) is 12.8 Å². The monoisotopic (exact) mass is 247 g/mol. The zero-order chi connectivity index (χ0) is 14.1. The number of rotatable bonds is 4. The van der Waals surface area contributed by atoms with Crippen LogP contribution in [-0.4, -0.2) is 28.7 Å². The molecule has 0 aromatic heterocycles. The Kier molecular flexibility index (Phi) is 9.66. The number of carbonyl (C=O) groups excluding carboxylic acids is 1. The normalized spacial score (nSPS) is 12.1. The number of hydrogen-bond acceptors (Lipinski definition) is 4. The molecule has 0 radical (unpaired) electrons. The van der Waals surface area contributed by atoms with Crippen molar-refractivity contribution in [3.8, 4) is 0 Å². The molecule has 0 fully saturated rings. The number of nitrogens with two attached hydrogens (primary N) is 1. The Morgan fingerprint density at radius 2 is 1.76 bits per heavy atom. The number of carboxylic acids is 1. The molecule has 0 amide bonds. The highest BCUT2D eigenvalue weighted by Gasteiger charge is 2.16. The van der Waals surface area contributed by atoms with Crippen LogP contribution in [0.15, 0.2) is 0 Å². The molecule has 0 aromatic rings. The van der Waals surface area contributed by atoms with Crippen molar-refractivity contribution in [2.75, 3.05) is 0 Å². The number of carbonyl (C=O) groups is 2. The van der Waals surface area contributed by atoms with Crippen LogP contribution in [0.3, 0.4) is 0 Å². The third-order valence-electron chi connectivity index (χ3n) is 1.66. The molecule has 0 aliphatic rings. The predicted molar refractivity (Wildman–Crippen MR) is 66.7 cm³/mol. The van der Waals surface area contributed by atoms with Gasteiger partial charge in [-0.2, -0.15) is 0 Å². The summed E-state index contributed by atoms with van der Waals surface area (Å²) >= 11 is 0. The van der Waals surface area contributed by atoms with Crippen LogP contribution in [0.25, 0.3) is 0 Å². The molecule has 0 aromatic carbocycles. The van der Waals surface area contributed by atoms with Crippen molar-refractivity contribution >= 4 is 11.9 Å². The zero-order valence-corrected chi connectivity index (χ0v) is 11.4. The standard InChI is InChI=1S/C10H21NO2.C2H4O2/c1-5-8(11)6-7-9(12)13-10(2,3)4;1-2(3)4/h8H,5-7,11H2,1-4H3;1H3,(H,3,4)/t8-;/m1./s1. The number of esters is 1. The fourth-order valence-corrected chi connectivity index (χ4v) is 0.900. The molecule has 5 heteroatoms. The van der Waals surface area contributed by atoms with Crippen molar-refractivity contribution in [1.82, 2.24) is 0 Å². The number of ether oxygens (including phenoxy) is 1. The van der Waals surface area contributed by atoms with Crippen LogP contribution in [0.4, 0.5) is 0 Å². The van der Waals surface area contributed by atoms with Crippen LogP contribution in [0.1, 0.15) is 53.9 Å². The van der Waals surface area contributed by atoms with E-state index in [1.165, 1.54) is 0 Å². The molecule has 0 aliphatic carbocycles. The minimum atomic E-state index is -0.833. The van der Waals surface area contributed by atoms with E-state index in [-0.39, 0.29) is 17.6 Å². The summed E-state index contributed by atoms with van der Waals surface area (Å²) in [6.45, 7) is 8.69. The van der Waals surface area contributed by atoms with Gasteiger partial charge in [0.05, 0.1) is 0 Å². The van der Waals surface area contributed by atoms with E-state index in [9.17, 15) is 4.79 Å². The molecule has 0 saturated heterocycles. The van der Waals surface area contributed by atoms with Gasteiger partial charge < -0.3 is 15.6 Å². The van der Waals surface area contributed by atoms with Gasteiger partial charge in [-0.3, -0.25) is 9.59 Å². The van der Waals surface area contributed by atoms with Gasteiger partial charge in [0.25, 0.3) is 5.97 Å². The average molecular weight is 247 g/mol. The van der Waals surface area contributed by atoms with E-state index in [4.69, 9.17) is 20.4 Å². The first-order chi connectivity index (χ1) is 7.58. The van der Waals surface area contributed by atoms with Gasteiger partial charge in [-0.25, -0.2) is 0 Å². The highest BCUT2D eigenvalue weighted by molar-refractivity contribution is 5.69. The molecule has 17 heavy (non-hydrogen) atoms. The fraction of sp³-hybridized carbons (Fsp3) is 0.833. The number of carboxylic acid groups (broad SMARTS) is 1. The first kappa shape index (κ1) is 18.3. The maximum atomic E-state index is 11.2. The Balaban J connectivity index is 0. The third-order valence-corrected chi connectivity index (χ3v) is 1.66. The summed E-state index contributed by atoms with van der Waals surface area (Å²) in [6.07, 6.45) is 2.04. The second kappa shape index (κ2) is 8.98. The van der Waals surface area contributed by atoms with Crippen molar-refractivity contribution < 1.29 is 19.4 Å². The largest absolute Gasteiger partial charge is 0.481 e. The lowest BCUT2D eigenvalue weighted by atomic mass is 10.1. The van der Waals surface area contributed by atoms with Crippen LogP contribution in [-0.2, 0) is 14.3 Å². The second-order valence-corrected chi connectivity index (χ2v) is 4.81. The van der Waals surface area contributed by atoms with E-state index < -0.39 is 5.97 Å². The molecule has 0 rings (SSSR count). The number of hydrogen-bond donors (Lipinski definition) is 2. The lowest BCUT2D eigenvalue weighted by molar-refractivity contribution is -0.155. The summed E-state index contributed by atoms with van der Waals surface area (Å²) in [5, 5.41) is 7.42. The molecular weight excluding hydrogens is 222 g/mol. The van der Waals surface area contributed by atoms with Crippen molar-refractivity contribution in [3.05, 3.63) is 0 Å². The molecule has 0 unspecified atom stereocenters. The van der Waals surface area contributed by atoms with Gasteiger partial charge in [-0.05, 0) is 33.6 Å². The summed E-state index contributed by atoms with van der Waals surface area (Å²) in [7, 11) is 0. The molecule has 5 nitrogen and oxygen atoms in total. The minimum absolute atomic E-state index is 0.118. The smallest absolute Gasteiger partial charge is 0.306 e. The minimum Gasteiger partial charge on any atom is -0.481 e. The van der Waals surface area contributed by atoms with Gasteiger partial charge >= 0.3 is 5.97 Å². The van der Waals surface area contributed by atoms with Crippen LogP contribution in [0, 0.1) is 0 Å². The Hall–Kier alpha value is -1.10. The van der Waals surface area contributed by atoms with Gasteiger partial charge in [0.15, 0.2) is 0 Å². The second-order valence-electron chi connectivity index (χ2n) is 4.81. The van der Waals surface area contributed by atoms with E-state index in [1.807, 2.05) is 27.7 Å². The molecule has 0 aliphatic heterocycles. The molecule has 0 heterocycles. The topological polar surface area (TPSA) is 89.6 Å². The summed E-state index contributed by atoms with van der Waals surface area (Å²) in [6, 6.07) is 0.118. The molecule has 3 N–H and O–H groups in total. The van der Waals surface area contributed by atoms with Crippen molar-refractivity contribution in [2.45, 2.75) is 65.5 Å². The predicted octanol–water partition coefficient (Wildman–Crippen LogP) is 1.94. The summed E-state index contributed by atoms with van der Waals surface area (Å²) in [5.74, 6) is -0.989. The maximum absolute atomic E-state index is 11.2. The Morgan fingerprint density at radius 1 is 1.35 bits per heavy atom.